The number of nitrogens with zero attached hydrogens (tertiary/aromatic N) is 1. The highest BCUT2D eigenvalue weighted by molar-refractivity contribution is 7.90. The fourth-order valence-electron chi connectivity index (χ4n) is 2.25. The predicted octanol–water partition coefficient (Wildman–Crippen LogP) is 0.538. The normalized spacial score (nSPS) is 19.3. The molecule has 2 atom stereocenters. The van der Waals surface area contributed by atoms with E-state index in [1.54, 1.807) is 11.8 Å². The van der Waals surface area contributed by atoms with Gasteiger partial charge in [-0.25, -0.2) is 8.42 Å². The van der Waals surface area contributed by atoms with Crippen molar-refractivity contribution in [2.24, 2.45) is 5.73 Å². The Hall–Kier alpha value is -0.620. The van der Waals surface area contributed by atoms with Gasteiger partial charge in [-0.15, -0.1) is 0 Å². The van der Waals surface area contributed by atoms with Crippen molar-refractivity contribution < 1.29 is 13.2 Å². The first-order valence-corrected chi connectivity index (χ1v) is 8.57. The van der Waals surface area contributed by atoms with E-state index in [0.29, 0.717) is 6.42 Å². The van der Waals surface area contributed by atoms with Gasteiger partial charge in [-0.1, -0.05) is 13.3 Å². The van der Waals surface area contributed by atoms with Gasteiger partial charge in [0.05, 0.1) is 11.8 Å². The summed E-state index contributed by atoms with van der Waals surface area (Å²) in [6.45, 7) is 3.77. The third-order valence-corrected chi connectivity index (χ3v) is 4.22. The first kappa shape index (κ1) is 15.4. The molecule has 0 aromatic carbocycles. The molecule has 2 N–H and O–H groups in total. The molecule has 6 heteroatoms. The maximum atomic E-state index is 12.2. The zero-order valence-electron chi connectivity index (χ0n) is 11.4. The number of carbonyl (C=O) groups excluding carboxylic acids is 1. The van der Waals surface area contributed by atoms with Gasteiger partial charge >= 0.3 is 0 Å². The molecule has 1 amide bonds. The third-order valence-electron chi connectivity index (χ3n) is 3.13. The molecule has 0 heterocycles. The Balaban J connectivity index is 2.73. The van der Waals surface area contributed by atoms with E-state index in [1.807, 2.05) is 6.92 Å². The van der Waals surface area contributed by atoms with E-state index in [1.165, 1.54) is 6.26 Å². The van der Waals surface area contributed by atoms with Crippen LogP contribution in [0.5, 0.6) is 0 Å². The molecule has 1 fully saturated rings. The zero-order valence-corrected chi connectivity index (χ0v) is 12.2. The van der Waals surface area contributed by atoms with E-state index in [2.05, 4.69) is 0 Å². The summed E-state index contributed by atoms with van der Waals surface area (Å²) in [5.74, 6) is -0.0934. The number of carbonyl (C=O) groups is 1. The first-order chi connectivity index (χ1) is 8.26. The highest BCUT2D eigenvalue weighted by atomic mass is 32.2. The minimum absolute atomic E-state index is 0.00802. The summed E-state index contributed by atoms with van der Waals surface area (Å²) in [5, 5.41) is 0. The number of hydrogen-bond donors (Lipinski definition) is 1. The predicted molar refractivity (Wildman–Crippen MR) is 71.9 cm³/mol. The molecule has 0 aromatic heterocycles. The summed E-state index contributed by atoms with van der Waals surface area (Å²) in [5.41, 5.74) is 5.86. The summed E-state index contributed by atoms with van der Waals surface area (Å²) in [6.07, 6.45) is 4.61. The van der Waals surface area contributed by atoms with Crippen LogP contribution in [0.25, 0.3) is 0 Å². The average molecular weight is 276 g/mol. The largest absolute Gasteiger partial charge is 0.335 e. The summed E-state index contributed by atoms with van der Waals surface area (Å²) in [7, 11) is -3.08. The van der Waals surface area contributed by atoms with Crippen LogP contribution in [0.1, 0.15) is 39.5 Å². The second kappa shape index (κ2) is 6.02. The Kier molecular flexibility index (Phi) is 5.16. The molecule has 0 saturated heterocycles. The fraction of sp³-hybridized carbons (Fsp3) is 0.917. The summed E-state index contributed by atoms with van der Waals surface area (Å²) < 4.78 is 22.7. The quantitative estimate of drug-likeness (QED) is 0.736. The van der Waals surface area contributed by atoms with Crippen molar-refractivity contribution in [3.63, 3.8) is 0 Å². The number of sulfone groups is 1. The maximum absolute atomic E-state index is 12.2. The van der Waals surface area contributed by atoms with E-state index in [-0.39, 0.29) is 23.7 Å². The van der Waals surface area contributed by atoms with Crippen LogP contribution in [0.15, 0.2) is 0 Å². The van der Waals surface area contributed by atoms with E-state index >= 15 is 0 Å². The SMILES string of the molecule is CCCC(N)C(=O)N(C(C)CS(C)(=O)=O)C1CC1. The van der Waals surface area contributed by atoms with Crippen LogP contribution >= 0.6 is 0 Å². The lowest BCUT2D eigenvalue weighted by atomic mass is 10.1. The molecule has 5 nitrogen and oxygen atoms in total. The van der Waals surface area contributed by atoms with Gasteiger partial charge in [-0.3, -0.25) is 4.79 Å². The zero-order chi connectivity index (χ0) is 13.9. The van der Waals surface area contributed by atoms with Gasteiger partial charge in [-0.2, -0.15) is 0 Å². The van der Waals surface area contributed by atoms with Gasteiger partial charge in [0.25, 0.3) is 0 Å². The molecule has 1 aliphatic carbocycles. The molecule has 0 spiro atoms. The van der Waals surface area contributed by atoms with Crippen molar-refractivity contribution in [1.29, 1.82) is 0 Å². The van der Waals surface area contributed by atoms with E-state index in [4.69, 9.17) is 5.73 Å². The molecule has 1 rings (SSSR count). The fourth-order valence-corrected chi connectivity index (χ4v) is 3.29. The topological polar surface area (TPSA) is 80.5 Å². The average Bonchev–Trinajstić information content (AvgIpc) is 2.99. The molecule has 0 bridgehead atoms. The van der Waals surface area contributed by atoms with Crippen LogP contribution in [-0.2, 0) is 14.6 Å². The van der Waals surface area contributed by atoms with E-state index in [0.717, 1.165) is 19.3 Å². The monoisotopic (exact) mass is 276 g/mol. The highest BCUT2D eigenvalue weighted by Gasteiger charge is 2.38. The molecule has 2 unspecified atom stereocenters. The van der Waals surface area contributed by atoms with Crippen molar-refractivity contribution in [2.45, 2.75) is 57.7 Å². The second-order valence-corrected chi connectivity index (χ2v) is 7.50. The van der Waals surface area contributed by atoms with Crippen molar-refractivity contribution in [3.05, 3.63) is 0 Å². The molecular weight excluding hydrogens is 252 g/mol. The Morgan fingerprint density at radius 2 is 2.00 bits per heavy atom. The highest BCUT2D eigenvalue weighted by Crippen LogP contribution is 2.29. The van der Waals surface area contributed by atoms with Crippen molar-refractivity contribution >= 4 is 15.7 Å². The summed E-state index contributed by atoms with van der Waals surface area (Å²) in [6, 6.07) is -0.599. The molecule has 0 aliphatic heterocycles. The number of hydrogen-bond acceptors (Lipinski definition) is 4. The summed E-state index contributed by atoms with van der Waals surface area (Å²) in [4.78, 5) is 13.9. The first-order valence-electron chi connectivity index (χ1n) is 6.51. The van der Waals surface area contributed by atoms with Gasteiger partial charge < -0.3 is 10.6 Å². The van der Waals surface area contributed by atoms with Crippen LogP contribution in [0, 0.1) is 0 Å². The van der Waals surface area contributed by atoms with Gasteiger partial charge in [0.15, 0.2) is 0 Å². The lowest BCUT2D eigenvalue weighted by molar-refractivity contribution is -0.135. The van der Waals surface area contributed by atoms with Gasteiger partial charge in [-0.05, 0) is 26.2 Å². The lowest BCUT2D eigenvalue weighted by Gasteiger charge is -2.31. The molecular formula is C12H24N2O3S. The molecule has 1 aliphatic rings. The van der Waals surface area contributed by atoms with Crippen molar-refractivity contribution in [1.82, 2.24) is 4.90 Å². The molecule has 0 radical (unpaired) electrons. The van der Waals surface area contributed by atoms with Gasteiger partial charge in [0, 0.05) is 18.3 Å². The number of amides is 1. The summed E-state index contributed by atoms with van der Waals surface area (Å²) >= 11 is 0. The van der Waals surface area contributed by atoms with Crippen LogP contribution < -0.4 is 5.73 Å². The van der Waals surface area contributed by atoms with Gasteiger partial charge in [0.2, 0.25) is 5.91 Å². The van der Waals surface area contributed by atoms with E-state index in [9.17, 15) is 13.2 Å². The number of rotatable bonds is 7. The number of nitrogens with two attached hydrogens (primary N) is 1. The minimum Gasteiger partial charge on any atom is -0.335 e. The molecule has 0 aromatic rings. The third kappa shape index (κ3) is 4.57. The second-order valence-electron chi connectivity index (χ2n) is 5.31. The lowest BCUT2D eigenvalue weighted by Crippen LogP contribution is -2.50. The van der Waals surface area contributed by atoms with Gasteiger partial charge in [0.1, 0.15) is 9.84 Å². The van der Waals surface area contributed by atoms with Crippen LogP contribution in [-0.4, -0.2) is 49.4 Å². The van der Waals surface area contributed by atoms with Crippen LogP contribution in [0.3, 0.4) is 0 Å². The standard InChI is InChI=1S/C12H24N2O3S/c1-4-5-11(13)12(15)14(10-6-7-10)9(2)8-18(3,16)17/h9-11H,4-8,13H2,1-3H3. The Morgan fingerprint density at radius 3 is 2.39 bits per heavy atom. The van der Waals surface area contributed by atoms with Crippen LogP contribution in [0.2, 0.25) is 0 Å². The minimum atomic E-state index is -3.08. The Labute approximate surface area is 110 Å². The smallest absolute Gasteiger partial charge is 0.240 e. The Bertz CT molecular complexity index is 390. The Morgan fingerprint density at radius 1 is 1.44 bits per heavy atom. The maximum Gasteiger partial charge on any atom is 0.240 e. The van der Waals surface area contributed by atoms with Crippen molar-refractivity contribution in [3.8, 4) is 0 Å². The van der Waals surface area contributed by atoms with E-state index < -0.39 is 15.9 Å². The molecule has 1 saturated carbocycles. The molecule has 18 heavy (non-hydrogen) atoms. The van der Waals surface area contributed by atoms with Crippen LogP contribution in [0.4, 0.5) is 0 Å². The molecule has 106 valence electrons. The van der Waals surface area contributed by atoms with Crippen molar-refractivity contribution in [2.75, 3.05) is 12.0 Å².